The van der Waals surface area contributed by atoms with Crippen molar-refractivity contribution in [3.63, 3.8) is 0 Å². The van der Waals surface area contributed by atoms with Crippen molar-refractivity contribution in [3.8, 4) is 0 Å². The van der Waals surface area contributed by atoms with Crippen LogP contribution < -0.4 is 9.80 Å². The van der Waals surface area contributed by atoms with E-state index in [1.807, 2.05) is 35.5 Å². The summed E-state index contributed by atoms with van der Waals surface area (Å²) >= 11 is 1.47. The summed E-state index contributed by atoms with van der Waals surface area (Å²) in [6.07, 6.45) is 2.44. The number of hydrogen-bond acceptors (Lipinski definition) is 5. The van der Waals surface area contributed by atoms with Gasteiger partial charge in [0.2, 0.25) is 6.41 Å². The molecule has 0 unspecified atom stereocenters. The Morgan fingerprint density at radius 3 is 2.31 bits per heavy atom. The molecule has 0 aliphatic carbocycles. The quantitative estimate of drug-likeness (QED) is 0.488. The van der Waals surface area contributed by atoms with Crippen LogP contribution >= 0.6 is 11.3 Å². The van der Waals surface area contributed by atoms with Gasteiger partial charge in [-0.3, -0.25) is 4.79 Å². The van der Waals surface area contributed by atoms with Crippen LogP contribution in [0.3, 0.4) is 0 Å². The van der Waals surface area contributed by atoms with Gasteiger partial charge in [-0.25, -0.2) is 14.4 Å². The van der Waals surface area contributed by atoms with E-state index < -0.39 is 0 Å². The number of benzene rings is 1. The van der Waals surface area contributed by atoms with Crippen LogP contribution in [0.4, 0.5) is 21.0 Å². The fourth-order valence-corrected chi connectivity index (χ4v) is 2.96. The van der Waals surface area contributed by atoms with Crippen LogP contribution in [0.25, 0.3) is 0 Å². The Hall–Kier alpha value is -2.80. The number of pyridine rings is 1. The van der Waals surface area contributed by atoms with Gasteiger partial charge in [0.25, 0.3) is 0 Å². The van der Waals surface area contributed by atoms with Crippen LogP contribution in [0.15, 0.2) is 54.0 Å². The van der Waals surface area contributed by atoms with Crippen LogP contribution in [0.2, 0.25) is 0 Å². The second-order valence-corrected chi connectivity index (χ2v) is 8.91. The van der Waals surface area contributed by atoms with Crippen LogP contribution in [0, 0.1) is 11.2 Å². The molecule has 3 rings (SSSR count). The minimum absolute atomic E-state index is 0.321. The molecule has 0 saturated heterocycles. The Bertz CT molecular complexity index is 885. The van der Waals surface area contributed by atoms with Crippen molar-refractivity contribution in [2.24, 2.45) is 5.41 Å². The number of carbonyl (C=O) groups excluding carboxylic acids is 1. The maximum absolute atomic E-state index is 13.0. The number of halogens is 1. The number of amides is 1. The fraction of sp³-hybridized carbons (Fsp3) is 0.318. The van der Waals surface area contributed by atoms with Crippen molar-refractivity contribution in [1.82, 2.24) is 9.97 Å². The summed E-state index contributed by atoms with van der Waals surface area (Å²) in [7, 11) is 1.89. The molecule has 0 spiro atoms. The van der Waals surface area contributed by atoms with Crippen molar-refractivity contribution in [1.29, 1.82) is 0 Å². The van der Waals surface area contributed by atoms with Gasteiger partial charge < -0.3 is 9.80 Å². The number of hydrogen-bond donors (Lipinski definition) is 0. The summed E-state index contributed by atoms with van der Waals surface area (Å²) in [5.74, 6) is 0.460. The Kier molecular flexibility index (Phi) is 7.84. The van der Waals surface area contributed by atoms with Gasteiger partial charge in [0.1, 0.15) is 11.6 Å². The summed E-state index contributed by atoms with van der Waals surface area (Å²) < 4.78 is 13.0. The first-order valence-corrected chi connectivity index (χ1v) is 10.1. The number of thiazole rings is 1. The molecule has 0 radical (unpaired) electrons. The van der Waals surface area contributed by atoms with Crippen molar-refractivity contribution in [2.75, 3.05) is 16.8 Å². The lowest BCUT2D eigenvalue weighted by Gasteiger charge is -2.16. The molecule has 0 aliphatic heterocycles. The number of rotatable bonds is 6. The summed E-state index contributed by atoms with van der Waals surface area (Å²) in [6.45, 7) is 9.07. The van der Waals surface area contributed by atoms with E-state index >= 15 is 0 Å². The monoisotopic (exact) mass is 414 g/mol. The zero-order valence-corrected chi connectivity index (χ0v) is 18.3. The zero-order valence-electron chi connectivity index (χ0n) is 17.5. The molecule has 0 aliphatic rings. The summed E-state index contributed by atoms with van der Waals surface area (Å²) in [6, 6.07) is 11.5. The molecule has 2 heterocycles. The standard InChI is InChI=1S/C17H15FN4OS.C5H12/c1-21(16-4-2-3-9-19-16)17-20-14(11-24-17)10-22(12-23)15-7-5-13(18)6-8-15;1-5(2,3)4/h2-9,11-12H,10H2,1H3;1-4H3. The number of aromatic nitrogens is 2. The number of anilines is 3. The van der Waals surface area contributed by atoms with Gasteiger partial charge >= 0.3 is 0 Å². The lowest BCUT2D eigenvalue weighted by Crippen LogP contribution is -2.20. The third kappa shape index (κ3) is 7.62. The first-order chi connectivity index (χ1) is 13.7. The van der Waals surface area contributed by atoms with E-state index in [-0.39, 0.29) is 5.82 Å². The summed E-state index contributed by atoms with van der Waals surface area (Å²) in [5.41, 5.74) is 1.88. The van der Waals surface area contributed by atoms with Crippen LogP contribution in [-0.4, -0.2) is 23.4 Å². The maximum atomic E-state index is 13.0. The Labute approximate surface area is 175 Å². The Balaban J connectivity index is 0.000000537. The summed E-state index contributed by atoms with van der Waals surface area (Å²) in [4.78, 5) is 23.6. The molecule has 3 aromatic rings. The van der Waals surface area contributed by atoms with Crippen molar-refractivity contribution >= 4 is 34.4 Å². The van der Waals surface area contributed by atoms with Gasteiger partial charge in [-0.1, -0.05) is 33.8 Å². The molecule has 0 atom stereocenters. The molecule has 0 N–H and O–H groups in total. The highest BCUT2D eigenvalue weighted by atomic mass is 32.1. The summed E-state index contributed by atoms with van der Waals surface area (Å²) in [5, 5.41) is 2.68. The average Bonchev–Trinajstić information content (AvgIpc) is 3.14. The zero-order chi connectivity index (χ0) is 21.4. The molecular formula is C22H27FN4OS. The highest BCUT2D eigenvalue weighted by Gasteiger charge is 2.13. The van der Waals surface area contributed by atoms with Crippen LogP contribution in [-0.2, 0) is 11.3 Å². The maximum Gasteiger partial charge on any atom is 0.214 e. The molecule has 5 nitrogen and oxygen atoms in total. The van der Waals surface area contributed by atoms with Gasteiger partial charge in [-0.05, 0) is 41.8 Å². The van der Waals surface area contributed by atoms with Crippen molar-refractivity contribution in [3.05, 3.63) is 65.6 Å². The van der Waals surface area contributed by atoms with E-state index in [0.29, 0.717) is 24.1 Å². The lowest BCUT2D eigenvalue weighted by atomic mass is 10.0. The molecular weight excluding hydrogens is 387 g/mol. The van der Waals surface area contributed by atoms with E-state index in [0.717, 1.165) is 16.6 Å². The number of carbonyl (C=O) groups is 1. The molecule has 0 bridgehead atoms. The molecule has 29 heavy (non-hydrogen) atoms. The van der Waals surface area contributed by atoms with E-state index in [9.17, 15) is 9.18 Å². The van der Waals surface area contributed by atoms with Crippen molar-refractivity contribution < 1.29 is 9.18 Å². The highest BCUT2D eigenvalue weighted by Crippen LogP contribution is 2.26. The molecule has 2 aromatic heterocycles. The van der Waals surface area contributed by atoms with Gasteiger partial charge in [0, 0.05) is 24.3 Å². The highest BCUT2D eigenvalue weighted by molar-refractivity contribution is 7.13. The minimum atomic E-state index is -0.336. The topological polar surface area (TPSA) is 49.3 Å². The van der Waals surface area contributed by atoms with Gasteiger partial charge in [0.15, 0.2) is 5.13 Å². The fourth-order valence-electron chi connectivity index (χ4n) is 2.17. The van der Waals surface area contributed by atoms with Crippen molar-refractivity contribution in [2.45, 2.75) is 34.2 Å². The largest absolute Gasteiger partial charge is 0.309 e. The third-order valence-electron chi connectivity index (χ3n) is 3.44. The smallest absolute Gasteiger partial charge is 0.214 e. The predicted octanol–water partition coefficient (Wildman–Crippen LogP) is 5.66. The van der Waals surface area contributed by atoms with E-state index in [1.54, 1.807) is 18.3 Å². The second-order valence-electron chi connectivity index (χ2n) is 8.08. The van der Waals surface area contributed by atoms with E-state index in [4.69, 9.17) is 0 Å². The number of nitrogens with zero attached hydrogens (tertiary/aromatic N) is 4. The van der Waals surface area contributed by atoms with Gasteiger partial charge in [0.05, 0.1) is 12.2 Å². The van der Waals surface area contributed by atoms with Gasteiger partial charge in [-0.15, -0.1) is 11.3 Å². The molecule has 154 valence electrons. The Morgan fingerprint density at radius 2 is 1.76 bits per heavy atom. The van der Waals surface area contributed by atoms with Crippen LogP contribution in [0.1, 0.15) is 33.4 Å². The molecule has 1 amide bonds. The van der Waals surface area contributed by atoms with Crippen LogP contribution in [0.5, 0.6) is 0 Å². The van der Waals surface area contributed by atoms with E-state index in [1.165, 1.54) is 28.4 Å². The SMILES string of the molecule is CC(C)(C)C.CN(c1ccccn1)c1nc(CN(C=O)c2ccc(F)cc2)cs1. The molecule has 0 fully saturated rings. The lowest BCUT2D eigenvalue weighted by molar-refractivity contribution is -0.107. The third-order valence-corrected chi connectivity index (χ3v) is 4.40. The molecule has 7 heteroatoms. The molecule has 0 saturated carbocycles. The Morgan fingerprint density at radius 1 is 1.10 bits per heavy atom. The van der Waals surface area contributed by atoms with E-state index in [2.05, 4.69) is 37.7 Å². The predicted molar refractivity (Wildman–Crippen MR) is 118 cm³/mol. The molecule has 1 aromatic carbocycles. The normalized spacial score (nSPS) is 10.7. The van der Waals surface area contributed by atoms with Gasteiger partial charge in [-0.2, -0.15) is 0 Å². The first kappa shape index (κ1) is 22.5. The first-order valence-electron chi connectivity index (χ1n) is 9.24. The minimum Gasteiger partial charge on any atom is -0.309 e. The second kappa shape index (κ2) is 10.1. The average molecular weight is 415 g/mol.